The molecule has 0 aliphatic carbocycles. The highest BCUT2D eigenvalue weighted by Crippen LogP contribution is 2.28. The van der Waals surface area contributed by atoms with Crippen molar-refractivity contribution in [1.82, 2.24) is 5.32 Å². The van der Waals surface area contributed by atoms with E-state index in [1.807, 2.05) is 31.2 Å². The molecule has 0 unspecified atom stereocenters. The fourth-order valence-electron chi connectivity index (χ4n) is 2.76. The number of amides is 1. The smallest absolute Gasteiger partial charge is 0.261 e. The van der Waals surface area contributed by atoms with E-state index in [1.54, 1.807) is 24.3 Å². The van der Waals surface area contributed by atoms with E-state index in [0.29, 0.717) is 10.7 Å². The third kappa shape index (κ3) is 6.62. The van der Waals surface area contributed by atoms with Crippen molar-refractivity contribution in [3.63, 3.8) is 0 Å². The van der Waals surface area contributed by atoms with Crippen LogP contribution in [-0.2, 0) is 14.8 Å². The molecule has 0 aliphatic heterocycles. The van der Waals surface area contributed by atoms with Crippen molar-refractivity contribution in [1.29, 1.82) is 0 Å². The van der Waals surface area contributed by atoms with Gasteiger partial charge in [-0.15, -0.1) is 0 Å². The maximum atomic E-state index is 12.6. The molecule has 0 bridgehead atoms. The van der Waals surface area contributed by atoms with Crippen molar-refractivity contribution >= 4 is 60.7 Å². The monoisotopic (exact) mass is 556 g/mol. The second-order valence-corrected chi connectivity index (χ2v) is 10.3. The molecule has 0 fully saturated rings. The molecule has 0 aliphatic rings. The minimum Gasteiger partial charge on any atom is -0.482 e. The van der Waals surface area contributed by atoms with Crippen LogP contribution >= 0.6 is 39.1 Å². The maximum absolute atomic E-state index is 12.6. The first kappa shape index (κ1) is 24.4. The number of rotatable bonds is 8. The lowest BCUT2D eigenvalue weighted by atomic mass is 10.1. The number of hydrogen-bond acceptors (Lipinski definition) is 4. The Kier molecular flexibility index (Phi) is 8.05. The molecule has 1 atom stereocenters. The molecule has 0 aromatic heterocycles. The van der Waals surface area contributed by atoms with Crippen molar-refractivity contribution in [3.8, 4) is 5.75 Å². The van der Waals surface area contributed by atoms with Gasteiger partial charge in [-0.3, -0.25) is 9.52 Å². The quantitative estimate of drug-likeness (QED) is 0.366. The third-order valence-electron chi connectivity index (χ3n) is 4.42. The molecule has 0 saturated carbocycles. The highest BCUT2D eigenvalue weighted by Gasteiger charge is 2.17. The van der Waals surface area contributed by atoms with Crippen LogP contribution in [0.4, 0.5) is 5.69 Å². The molecule has 0 heterocycles. The molecule has 32 heavy (non-hydrogen) atoms. The number of benzene rings is 3. The number of ether oxygens (including phenoxy) is 1. The van der Waals surface area contributed by atoms with Crippen LogP contribution in [0.5, 0.6) is 5.75 Å². The highest BCUT2D eigenvalue weighted by atomic mass is 79.9. The van der Waals surface area contributed by atoms with Gasteiger partial charge in [0.05, 0.1) is 16.0 Å². The summed E-state index contributed by atoms with van der Waals surface area (Å²) in [4.78, 5) is 12.2. The van der Waals surface area contributed by atoms with Crippen LogP contribution in [0.25, 0.3) is 0 Å². The third-order valence-corrected chi connectivity index (χ3v) is 6.87. The fraction of sp³-hybridized carbons (Fsp3) is 0.136. The number of hydrogen-bond donors (Lipinski definition) is 2. The number of nitrogens with one attached hydrogen (secondary N) is 2. The summed E-state index contributed by atoms with van der Waals surface area (Å²) in [5, 5.41) is 3.40. The van der Waals surface area contributed by atoms with Gasteiger partial charge in [-0.1, -0.05) is 51.3 Å². The van der Waals surface area contributed by atoms with E-state index < -0.39 is 10.0 Å². The number of anilines is 1. The Bertz CT molecular complexity index is 1200. The second kappa shape index (κ2) is 10.6. The second-order valence-electron chi connectivity index (χ2n) is 6.83. The van der Waals surface area contributed by atoms with Crippen LogP contribution in [0, 0.1) is 0 Å². The Balaban J connectivity index is 1.60. The average Bonchev–Trinajstić information content (AvgIpc) is 2.74. The molecule has 0 radical (unpaired) electrons. The van der Waals surface area contributed by atoms with Gasteiger partial charge >= 0.3 is 0 Å². The van der Waals surface area contributed by atoms with Gasteiger partial charge in [0.15, 0.2) is 6.61 Å². The molecular formula is C22H19BrCl2N2O4S. The van der Waals surface area contributed by atoms with Gasteiger partial charge < -0.3 is 10.1 Å². The summed E-state index contributed by atoms with van der Waals surface area (Å²) in [6.07, 6.45) is 0. The van der Waals surface area contributed by atoms with Crippen LogP contribution in [-0.4, -0.2) is 20.9 Å². The molecule has 3 aromatic rings. The van der Waals surface area contributed by atoms with Crippen LogP contribution in [0.3, 0.4) is 0 Å². The zero-order valence-corrected chi connectivity index (χ0v) is 20.7. The zero-order valence-electron chi connectivity index (χ0n) is 16.8. The predicted octanol–water partition coefficient (Wildman–Crippen LogP) is 5.81. The Morgan fingerprint density at radius 1 is 1.03 bits per heavy atom. The molecule has 3 aromatic carbocycles. The highest BCUT2D eigenvalue weighted by molar-refractivity contribution is 9.10. The normalized spacial score (nSPS) is 12.1. The molecule has 0 spiro atoms. The van der Waals surface area contributed by atoms with Gasteiger partial charge in [0.1, 0.15) is 5.75 Å². The maximum Gasteiger partial charge on any atom is 0.261 e. The first-order valence-electron chi connectivity index (χ1n) is 9.39. The Morgan fingerprint density at radius 2 is 1.69 bits per heavy atom. The van der Waals surface area contributed by atoms with E-state index in [0.717, 1.165) is 10.0 Å². The molecule has 0 saturated heterocycles. The molecular weight excluding hydrogens is 539 g/mol. The van der Waals surface area contributed by atoms with E-state index in [4.69, 9.17) is 27.9 Å². The van der Waals surface area contributed by atoms with Crippen LogP contribution in [0.1, 0.15) is 18.5 Å². The van der Waals surface area contributed by atoms with Crippen LogP contribution in [0.15, 0.2) is 76.1 Å². The summed E-state index contributed by atoms with van der Waals surface area (Å²) in [6.45, 7) is 1.59. The summed E-state index contributed by atoms with van der Waals surface area (Å²) in [5.41, 5.74) is 1.31. The van der Waals surface area contributed by atoms with Gasteiger partial charge in [-0.25, -0.2) is 8.42 Å². The lowest BCUT2D eigenvalue weighted by Gasteiger charge is -2.15. The minimum absolute atomic E-state index is 0.0434. The molecule has 1 amide bonds. The molecule has 10 heteroatoms. The first-order valence-corrected chi connectivity index (χ1v) is 12.4. The lowest BCUT2D eigenvalue weighted by Crippen LogP contribution is -2.31. The summed E-state index contributed by atoms with van der Waals surface area (Å²) in [7, 11) is -3.86. The number of halogens is 3. The number of carbonyl (C=O) groups excluding carboxylic acids is 1. The zero-order chi connectivity index (χ0) is 23.3. The first-order chi connectivity index (χ1) is 15.1. The van der Waals surface area contributed by atoms with Gasteiger partial charge in [0, 0.05) is 15.2 Å². The molecule has 3 rings (SSSR count). The Hall–Kier alpha value is -2.26. The van der Waals surface area contributed by atoms with E-state index >= 15 is 0 Å². The Labute approximate surface area is 205 Å². The van der Waals surface area contributed by atoms with Crippen molar-refractivity contribution in [2.24, 2.45) is 0 Å². The van der Waals surface area contributed by atoms with Crippen molar-refractivity contribution in [2.75, 3.05) is 11.3 Å². The molecule has 2 N–H and O–H groups in total. The van der Waals surface area contributed by atoms with Gasteiger partial charge in [0.25, 0.3) is 15.9 Å². The number of carbonyl (C=O) groups is 1. The van der Waals surface area contributed by atoms with E-state index in [-0.39, 0.29) is 34.2 Å². The van der Waals surface area contributed by atoms with Gasteiger partial charge in [0.2, 0.25) is 0 Å². The summed E-state index contributed by atoms with van der Waals surface area (Å²) < 4.78 is 34.0. The fourth-order valence-corrected chi connectivity index (χ4v) is 4.53. The van der Waals surface area contributed by atoms with Crippen LogP contribution in [0.2, 0.25) is 10.0 Å². The van der Waals surface area contributed by atoms with Crippen molar-refractivity contribution in [3.05, 3.63) is 86.8 Å². The van der Waals surface area contributed by atoms with Crippen molar-refractivity contribution in [2.45, 2.75) is 17.9 Å². The van der Waals surface area contributed by atoms with E-state index in [9.17, 15) is 13.2 Å². The summed E-state index contributed by atoms with van der Waals surface area (Å²) in [6, 6.07) is 17.7. The Morgan fingerprint density at radius 3 is 2.31 bits per heavy atom. The van der Waals surface area contributed by atoms with Gasteiger partial charge in [-0.2, -0.15) is 0 Å². The van der Waals surface area contributed by atoms with Gasteiger partial charge in [-0.05, 0) is 67.1 Å². The average molecular weight is 558 g/mol. The van der Waals surface area contributed by atoms with E-state index in [2.05, 4.69) is 26.0 Å². The standard InChI is InChI=1S/C22H19BrCl2N2O4S/c1-14(15-2-4-16(23)5-3-15)26-22(28)13-31-21-11-10-19(12-20(21)25)32(29,30)27-18-8-6-17(24)7-9-18/h2-12,14,27H,13H2,1H3,(H,26,28)/t14-/m0/s1. The largest absolute Gasteiger partial charge is 0.482 e. The predicted molar refractivity (Wildman–Crippen MR) is 130 cm³/mol. The lowest BCUT2D eigenvalue weighted by molar-refractivity contribution is -0.123. The van der Waals surface area contributed by atoms with Crippen molar-refractivity contribution < 1.29 is 17.9 Å². The minimum atomic E-state index is -3.86. The molecule has 168 valence electrons. The van der Waals surface area contributed by atoms with Crippen LogP contribution < -0.4 is 14.8 Å². The van der Waals surface area contributed by atoms with E-state index in [1.165, 1.54) is 18.2 Å². The summed E-state index contributed by atoms with van der Waals surface area (Å²) in [5.74, 6) is -0.138. The summed E-state index contributed by atoms with van der Waals surface area (Å²) >= 11 is 15.4. The SMILES string of the molecule is C[C@H](NC(=O)COc1ccc(S(=O)(=O)Nc2ccc(Cl)cc2)cc1Cl)c1ccc(Br)cc1. The topological polar surface area (TPSA) is 84.5 Å². The molecule has 6 nitrogen and oxygen atoms in total. The number of sulfonamides is 1.